The van der Waals surface area contributed by atoms with Gasteiger partial charge in [-0.1, -0.05) is 6.58 Å². The van der Waals surface area contributed by atoms with Crippen LogP contribution in [0.25, 0.3) is 0 Å². The standard InChI is InChI=1S/C18H34N4O5/c1-15(2)22-10-8-19(12-16(3)23)4-5-20(13-17(24)25)6-7-21(9-11-22)14-18(26)27/h15,23H,3-14H2,1-2H3,(H,24,25)(H,26,27). The Labute approximate surface area is 161 Å². The molecular formula is C18H34N4O5. The number of carbonyl (C=O) groups is 2. The van der Waals surface area contributed by atoms with Crippen molar-refractivity contribution in [2.45, 2.75) is 19.9 Å². The number of rotatable bonds is 7. The van der Waals surface area contributed by atoms with E-state index < -0.39 is 11.9 Å². The lowest BCUT2D eigenvalue weighted by molar-refractivity contribution is -0.140. The minimum absolute atomic E-state index is 0.0523. The van der Waals surface area contributed by atoms with E-state index in [1.165, 1.54) is 0 Å². The fourth-order valence-electron chi connectivity index (χ4n) is 3.18. The normalized spacial score (nSPS) is 20.1. The van der Waals surface area contributed by atoms with Crippen LogP contribution in [0.2, 0.25) is 0 Å². The molecule has 1 saturated heterocycles. The van der Waals surface area contributed by atoms with E-state index in [4.69, 9.17) is 10.2 Å². The van der Waals surface area contributed by atoms with Crippen LogP contribution in [-0.2, 0) is 9.59 Å². The Morgan fingerprint density at radius 2 is 1.07 bits per heavy atom. The van der Waals surface area contributed by atoms with Crippen molar-refractivity contribution < 1.29 is 24.9 Å². The smallest absolute Gasteiger partial charge is 0.317 e. The van der Waals surface area contributed by atoms with Crippen LogP contribution in [-0.4, -0.2) is 125 Å². The van der Waals surface area contributed by atoms with E-state index >= 15 is 0 Å². The van der Waals surface area contributed by atoms with E-state index in [0.29, 0.717) is 45.3 Å². The number of aliphatic carboxylic acids is 2. The lowest BCUT2D eigenvalue weighted by atomic mass is 10.2. The second-order valence-corrected chi connectivity index (χ2v) is 7.31. The molecule has 9 nitrogen and oxygen atoms in total. The van der Waals surface area contributed by atoms with Crippen LogP contribution >= 0.6 is 0 Å². The van der Waals surface area contributed by atoms with Crippen molar-refractivity contribution >= 4 is 11.9 Å². The number of nitrogens with zero attached hydrogens (tertiary/aromatic N) is 4. The topological polar surface area (TPSA) is 108 Å². The molecule has 0 radical (unpaired) electrons. The third-order valence-corrected chi connectivity index (χ3v) is 4.73. The number of aliphatic hydroxyl groups excluding tert-OH is 1. The van der Waals surface area contributed by atoms with Crippen molar-refractivity contribution in [2.24, 2.45) is 0 Å². The SMILES string of the molecule is C=C(O)CN1CCN(CC(=O)O)CCN(CC(=O)O)CCN(C(C)C)CC1. The zero-order valence-electron chi connectivity index (χ0n) is 16.5. The maximum absolute atomic E-state index is 11.2. The van der Waals surface area contributed by atoms with Crippen molar-refractivity contribution in [1.82, 2.24) is 19.6 Å². The van der Waals surface area contributed by atoms with E-state index in [2.05, 4.69) is 30.2 Å². The molecule has 0 unspecified atom stereocenters. The summed E-state index contributed by atoms with van der Waals surface area (Å²) >= 11 is 0. The maximum Gasteiger partial charge on any atom is 0.317 e. The lowest BCUT2D eigenvalue weighted by Gasteiger charge is -2.34. The predicted molar refractivity (Wildman–Crippen MR) is 103 cm³/mol. The van der Waals surface area contributed by atoms with Crippen LogP contribution in [0.15, 0.2) is 12.3 Å². The first-order valence-corrected chi connectivity index (χ1v) is 9.38. The van der Waals surface area contributed by atoms with Gasteiger partial charge in [-0.3, -0.25) is 29.2 Å². The average molecular weight is 386 g/mol. The zero-order chi connectivity index (χ0) is 20.4. The van der Waals surface area contributed by atoms with E-state index in [-0.39, 0.29) is 18.8 Å². The summed E-state index contributed by atoms with van der Waals surface area (Å²) in [4.78, 5) is 30.4. The Kier molecular flexibility index (Phi) is 10.3. The second kappa shape index (κ2) is 11.9. The quantitative estimate of drug-likeness (QED) is 0.515. The predicted octanol–water partition coefficient (Wildman–Crippen LogP) is -0.143. The van der Waals surface area contributed by atoms with Crippen LogP contribution in [0.3, 0.4) is 0 Å². The van der Waals surface area contributed by atoms with Crippen molar-refractivity contribution in [1.29, 1.82) is 0 Å². The molecule has 3 N–H and O–H groups in total. The van der Waals surface area contributed by atoms with Gasteiger partial charge in [0.15, 0.2) is 0 Å². The molecule has 1 aliphatic heterocycles. The number of hydrogen-bond acceptors (Lipinski definition) is 7. The first-order chi connectivity index (χ1) is 12.7. The molecule has 0 bridgehead atoms. The molecule has 0 amide bonds. The largest absolute Gasteiger partial charge is 0.512 e. The number of carboxylic acid groups (broad SMARTS) is 2. The van der Waals surface area contributed by atoms with Crippen molar-refractivity contribution in [3.63, 3.8) is 0 Å². The van der Waals surface area contributed by atoms with Gasteiger partial charge in [0.2, 0.25) is 0 Å². The van der Waals surface area contributed by atoms with Crippen LogP contribution < -0.4 is 0 Å². The highest BCUT2D eigenvalue weighted by molar-refractivity contribution is 5.69. The minimum Gasteiger partial charge on any atom is -0.512 e. The molecule has 9 heteroatoms. The second-order valence-electron chi connectivity index (χ2n) is 7.31. The van der Waals surface area contributed by atoms with Gasteiger partial charge >= 0.3 is 11.9 Å². The van der Waals surface area contributed by atoms with E-state index in [0.717, 1.165) is 19.6 Å². The Morgan fingerprint density at radius 1 is 0.741 bits per heavy atom. The molecule has 156 valence electrons. The molecule has 0 aliphatic carbocycles. The molecule has 1 heterocycles. The Hall–Kier alpha value is -1.68. The van der Waals surface area contributed by atoms with Crippen LogP contribution in [0.4, 0.5) is 0 Å². The molecule has 1 fully saturated rings. The molecule has 27 heavy (non-hydrogen) atoms. The highest BCUT2D eigenvalue weighted by Crippen LogP contribution is 2.05. The summed E-state index contributed by atoms with van der Waals surface area (Å²) in [6.45, 7) is 13.0. The summed E-state index contributed by atoms with van der Waals surface area (Å²) in [6.07, 6.45) is 0. The van der Waals surface area contributed by atoms with Gasteiger partial charge in [-0.05, 0) is 13.8 Å². The van der Waals surface area contributed by atoms with E-state index in [1.54, 1.807) is 0 Å². The van der Waals surface area contributed by atoms with Gasteiger partial charge in [0.1, 0.15) is 0 Å². The number of carboxylic acids is 2. The number of aliphatic hydroxyl groups is 1. The molecule has 1 aliphatic rings. The van der Waals surface area contributed by atoms with Gasteiger partial charge in [-0.15, -0.1) is 0 Å². The van der Waals surface area contributed by atoms with E-state index in [1.807, 2.05) is 9.80 Å². The van der Waals surface area contributed by atoms with Gasteiger partial charge in [0, 0.05) is 58.4 Å². The van der Waals surface area contributed by atoms with Crippen LogP contribution in [0.1, 0.15) is 13.8 Å². The molecule has 0 saturated carbocycles. The highest BCUT2D eigenvalue weighted by Gasteiger charge is 2.20. The van der Waals surface area contributed by atoms with Gasteiger partial charge in [0.05, 0.1) is 25.4 Å². The van der Waals surface area contributed by atoms with Gasteiger partial charge in [-0.25, -0.2) is 0 Å². The molecule has 0 aromatic rings. The third kappa shape index (κ3) is 10.3. The van der Waals surface area contributed by atoms with Crippen LogP contribution in [0, 0.1) is 0 Å². The van der Waals surface area contributed by atoms with Gasteiger partial charge in [0.25, 0.3) is 0 Å². The number of hydrogen-bond donors (Lipinski definition) is 3. The molecule has 1 rings (SSSR count). The Balaban J connectivity index is 2.88. The fraction of sp³-hybridized carbons (Fsp3) is 0.778. The molecule has 0 aromatic carbocycles. The van der Waals surface area contributed by atoms with Crippen molar-refractivity contribution in [3.05, 3.63) is 12.3 Å². The third-order valence-electron chi connectivity index (χ3n) is 4.73. The van der Waals surface area contributed by atoms with Crippen molar-refractivity contribution in [3.8, 4) is 0 Å². The average Bonchev–Trinajstić information content (AvgIpc) is 2.53. The molecule has 0 atom stereocenters. The van der Waals surface area contributed by atoms with Gasteiger partial charge in [-0.2, -0.15) is 0 Å². The van der Waals surface area contributed by atoms with E-state index in [9.17, 15) is 14.7 Å². The summed E-state index contributed by atoms with van der Waals surface area (Å²) in [5.41, 5.74) is 0. The lowest BCUT2D eigenvalue weighted by Crippen LogP contribution is -2.49. The first-order valence-electron chi connectivity index (χ1n) is 9.38. The fourth-order valence-corrected chi connectivity index (χ4v) is 3.18. The monoisotopic (exact) mass is 386 g/mol. The minimum atomic E-state index is -0.907. The summed E-state index contributed by atoms with van der Waals surface area (Å²) in [7, 11) is 0. The van der Waals surface area contributed by atoms with Gasteiger partial charge < -0.3 is 15.3 Å². The summed E-state index contributed by atoms with van der Waals surface area (Å²) in [6, 6.07) is 0.322. The van der Waals surface area contributed by atoms with Crippen LogP contribution in [0.5, 0.6) is 0 Å². The van der Waals surface area contributed by atoms with Crippen molar-refractivity contribution in [2.75, 3.05) is 72.0 Å². The molecular weight excluding hydrogens is 352 g/mol. The molecule has 0 spiro atoms. The Morgan fingerprint density at radius 3 is 1.37 bits per heavy atom. The highest BCUT2D eigenvalue weighted by atomic mass is 16.4. The summed E-state index contributed by atoms with van der Waals surface area (Å²) in [5.74, 6) is -1.69. The summed E-state index contributed by atoms with van der Waals surface area (Å²) < 4.78 is 0. The molecule has 0 aromatic heterocycles. The zero-order valence-corrected chi connectivity index (χ0v) is 16.5. The first kappa shape index (κ1) is 23.4. The Bertz CT molecular complexity index is 468. The summed E-state index contributed by atoms with van der Waals surface area (Å²) in [5, 5.41) is 27.9. The maximum atomic E-state index is 11.2.